The first-order valence-electron chi connectivity index (χ1n) is 6.10. The van der Waals surface area contributed by atoms with Crippen molar-refractivity contribution in [3.8, 4) is 0 Å². The van der Waals surface area contributed by atoms with E-state index < -0.39 is 0 Å². The highest BCUT2D eigenvalue weighted by molar-refractivity contribution is 6.07. The summed E-state index contributed by atoms with van der Waals surface area (Å²) in [7, 11) is 1.80. The zero-order chi connectivity index (χ0) is 13.8. The molecule has 0 aliphatic heterocycles. The zero-order valence-electron chi connectivity index (χ0n) is 11.3. The number of anilines is 2. The van der Waals surface area contributed by atoms with Crippen LogP contribution >= 0.6 is 0 Å². The SMILES string of the molecule is CCNc1cc(C)ncc1C(=O)Nc1cnn(C)c1. The maximum Gasteiger partial charge on any atom is 0.259 e. The average molecular weight is 259 g/mol. The summed E-state index contributed by atoms with van der Waals surface area (Å²) < 4.78 is 1.63. The van der Waals surface area contributed by atoms with Crippen molar-refractivity contribution < 1.29 is 4.79 Å². The molecule has 0 saturated heterocycles. The van der Waals surface area contributed by atoms with Crippen LogP contribution in [0.1, 0.15) is 23.0 Å². The number of rotatable bonds is 4. The van der Waals surface area contributed by atoms with E-state index in [4.69, 9.17) is 0 Å². The predicted molar refractivity (Wildman–Crippen MR) is 74.3 cm³/mol. The van der Waals surface area contributed by atoms with Crippen molar-refractivity contribution in [2.45, 2.75) is 13.8 Å². The standard InChI is InChI=1S/C13H17N5O/c1-4-14-12-5-9(2)15-7-11(12)13(19)17-10-6-16-18(3)8-10/h5-8H,4H2,1-3H3,(H,14,15)(H,17,19). The lowest BCUT2D eigenvalue weighted by atomic mass is 10.2. The molecule has 6 nitrogen and oxygen atoms in total. The lowest BCUT2D eigenvalue weighted by Crippen LogP contribution is -2.15. The molecular formula is C13H17N5O. The molecule has 0 aromatic carbocycles. The molecule has 0 aliphatic carbocycles. The summed E-state index contributed by atoms with van der Waals surface area (Å²) in [4.78, 5) is 16.4. The Labute approximate surface area is 111 Å². The zero-order valence-corrected chi connectivity index (χ0v) is 11.3. The number of nitrogens with one attached hydrogen (secondary N) is 2. The van der Waals surface area contributed by atoms with E-state index in [1.807, 2.05) is 19.9 Å². The van der Waals surface area contributed by atoms with Crippen LogP contribution in [-0.4, -0.2) is 27.2 Å². The molecule has 2 aromatic heterocycles. The number of carbonyl (C=O) groups is 1. The summed E-state index contributed by atoms with van der Waals surface area (Å²) >= 11 is 0. The van der Waals surface area contributed by atoms with Crippen LogP contribution < -0.4 is 10.6 Å². The molecule has 100 valence electrons. The Morgan fingerprint density at radius 2 is 2.21 bits per heavy atom. The number of hydrogen-bond acceptors (Lipinski definition) is 4. The third kappa shape index (κ3) is 3.09. The maximum atomic E-state index is 12.2. The summed E-state index contributed by atoms with van der Waals surface area (Å²) in [5.41, 5.74) is 2.84. The molecular weight excluding hydrogens is 242 g/mol. The molecule has 0 aliphatic rings. The second-order valence-corrected chi connectivity index (χ2v) is 4.26. The molecule has 0 atom stereocenters. The van der Waals surface area contributed by atoms with E-state index >= 15 is 0 Å². The summed E-state index contributed by atoms with van der Waals surface area (Å²) in [6.07, 6.45) is 4.93. The number of pyridine rings is 1. The third-order valence-corrected chi connectivity index (χ3v) is 2.62. The predicted octanol–water partition coefficient (Wildman–Crippen LogP) is 1.81. The van der Waals surface area contributed by atoms with Gasteiger partial charge in [-0.05, 0) is 19.9 Å². The third-order valence-electron chi connectivity index (χ3n) is 2.62. The van der Waals surface area contributed by atoms with E-state index in [0.29, 0.717) is 11.3 Å². The van der Waals surface area contributed by atoms with Crippen LogP contribution in [0.3, 0.4) is 0 Å². The molecule has 2 rings (SSSR count). The van der Waals surface area contributed by atoms with Crippen LogP contribution in [0.5, 0.6) is 0 Å². The van der Waals surface area contributed by atoms with Crippen LogP contribution in [0.25, 0.3) is 0 Å². The van der Waals surface area contributed by atoms with Gasteiger partial charge in [-0.2, -0.15) is 5.10 Å². The molecule has 0 bridgehead atoms. The van der Waals surface area contributed by atoms with E-state index in [1.54, 1.807) is 30.3 Å². The maximum absolute atomic E-state index is 12.2. The van der Waals surface area contributed by atoms with Crippen LogP contribution in [0.2, 0.25) is 0 Å². The Bertz CT molecular complexity index is 590. The van der Waals surface area contributed by atoms with Crippen molar-refractivity contribution in [1.82, 2.24) is 14.8 Å². The lowest BCUT2D eigenvalue weighted by Gasteiger charge is -2.10. The van der Waals surface area contributed by atoms with Crippen molar-refractivity contribution in [3.05, 3.63) is 35.9 Å². The largest absolute Gasteiger partial charge is 0.385 e. The van der Waals surface area contributed by atoms with Crippen LogP contribution in [-0.2, 0) is 7.05 Å². The molecule has 0 unspecified atom stereocenters. The summed E-state index contributed by atoms with van der Waals surface area (Å²) in [6.45, 7) is 4.62. The van der Waals surface area contributed by atoms with E-state index in [2.05, 4.69) is 20.7 Å². The Kier molecular flexibility index (Phi) is 3.79. The smallest absolute Gasteiger partial charge is 0.259 e. The van der Waals surface area contributed by atoms with E-state index in [0.717, 1.165) is 17.9 Å². The summed E-state index contributed by atoms with van der Waals surface area (Å²) in [6, 6.07) is 1.86. The minimum atomic E-state index is -0.198. The molecule has 2 heterocycles. The topological polar surface area (TPSA) is 71.8 Å². The van der Waals surface area contributed by atoms with Crippen molar-refractivity contribution in [3.63, 3.8) is 0 Å². The fourth-order valence-corrected chi connectivity index (χ4v) is 1.76. The van der Waals surface area contributed by atoms with Gasteiger partial charge in [0.05, 0.1) is 23.1 Å². The minimum absolute atomic E-state index is 0.198. The first-order chi connectivity index (χ1) is 9.10. The van der Waals surface area contributed by atoms with Gasteiger partial charge in [0.15, 0.2) is 0 Å². The van der Waals surface area contributed by atoms with Crippen LogP contribution in [0, 0.1) is 6.92 Å². The van der Waals surface area contributed by atoms with Crippen molar-refractivity contribution in [1.29, 1.82) is 0 Å². The molecule has 1 amide bonds. The quantitative estimate of drug-likeness (QED) is 0.878. The molecule has 0 saturated carbocycles. The molecule has 0 fully saturated rings. The fraction of sp³-hybridized carbons (Fsp3) is 0.308. The second kappa shape index (κ2) is 5.51. The van der Waals surface area contributed by atoms with Gasteiger partial charge in [-0.1, -0.05) is 0 Å². The highest BCUT2D eigenvalue weighted by Crippen LogP contribution is 2.17. The summed E-state index contributed by atoms with van der Waals surface area (Å²) in [5, 5.41) is 9.97. The monoisotopic (exact) mass is 259 g/mol. The van der Waals surface area contributed by atoms with Gasteiger partial charge in [0, 0.05) is 31.7 Å². The average Bonchev–Trinajstić information content (AvgIpc) is 2.75. The number of amides is 1. The van der Waals surface area contributed by atoms with Gasteiger partial charge in [-0.25, -0.2) is 0 Å². The van der Waals surface area contributed by atoms with Crippen molar-refractivity contribution >= 4 is 17.3 Å². The van der Waals surface area contributed by atoms with E-state index in [-0.39, 0.29) is 5.91 Å². The molecule has 0 spiro atoms. The fourth-order valence-electron chi connectivity index (χ4n) is 1.76. The van der Waals surface area contributed by atoms with Crippen molar-refractivity contribution in [2.75, 3.05) is 17.2 Å². The van der Waals surface area contributed by atoms with Gasteiger partial charge in [-0.15, -0.1) is 0 Å². The van der Waals surface area contributed by atoms with Gasteiger partial charge in [-0.3, -0.25) is 14.5 Å². The normalized spacial score (nSPS) is 10.3. The number of carbonyl (C=O) groups excluding carboxylic acids is 1. The number of nitrogens with zero attached hydrogens (tertiary/aromatic N) is 3. The van der Waals surface area contributed by atoms with Gasteiger partial charge < -0.3 is 10.6 Å². The first-order valence-corrected chi connectivity index (χ1v) is 6.10. The highest BCUT2D eigenvalue weighted by atomic mass is 16.1. The molecule has 19 heavy (non-hydrogen) atoms. The molecule has 2 N–H and O–H groups in total. The Balaban J connectivity index is 2.23. The van der Waals surface area contributed by atoms with Gasteiger partial charge in [0.2, 0.25) is 0 Å². The number of hydrogen-bond donors (Lipinski definition) is 2. The Morgan fingerprint density at radius 3 is 2.84 bits per heavy atom. The lowest BCUT2D eigenvalue weighted by molar-refractivity contribution is 0.102. The molecule has 6 heteroatoms. The van der Waals surface area contributed by atoms with Crippen LogP contribution in [0.4, 0.5) is 11.4 Å². The van der Waals surface area contributed by atoms with Crippen LogP contribution in [0.15, 0.2) is 24.7 Å². The second-order valence-electron chi connectivity index (χ2n) is 4.26. The molecule has 0 radical (unpaired) electrons. The minimum Gasteiger partial charge on any atom is -0.385 e. The van der Waals surface area contributed by atoms with Gasteiger partial charge in [0.25, 0.3) is 5.91 Å². The summed E-state index contributed by atoms with van der Waals surface area (Å²) in [5.74, 6) is -0.198. The van der Waals surface area contributed by atoms with E-state index in [9.17, 15) is 4.79 Å². The Hall–Kier alpha value is -2.37. The number of aryl methyl sites for hydroxylation is 2. The molecule has 2 aromatic rings. The van der Waals surface area contributed by atoms with Crippen molar-refractivity contribution in [2.24, 2.45) is 7.05 Å². The van der Waals surface area contributed by atoms with Gasteiger partial charge >= 0.3 is 0 Å². The van der Waals surface area contributed by atoms with E-state index in [1.165, 1.54) is 0 Å². The first kappa shape index (κ1) is 13.1. The van der Waals surface area contributed by atoms with Gasteiger partial charge in [0.1, 0.15) is 0 Å². The number of aromatic nitrogens is 3. The Morgan fingerprint density at radius 1 is 1.42 bits per heavy atom. The highest BCUT2D eigenvalue weighted by Gasteiger charge is 2.13.